The van der Waals surface area contributed by atoms with Gasteiger partial charge in [0.05, 0.1) is 44.5 Å². The summed E-state index contributed by atoms with van der Waals surface area (Å²) in [7, 11) is 0. The van der Waals surface area contributed by atoms with Crippen molar-refractivity contribution in [1.82, 2.24) is 24.1 Å². The molecule has 12 aromatic rings. The minimum atomic E-state index is 0.895. The molecule has 6 aromatic heterocycles. The predicted octanol–water partition coefficient (Wildman–Crippen LogP) is 12.4. The molecule has 5 nitrogen and oxygen atoms in total. The third-order valence-electron chi connectivity index (χ3n) is 10.8. The Kier molecular flexibility index (Phi) is 5.87. The predicted molar refractivity (Wildman–Crippen MR) is 222 cm³/mol. The summed E-state index contributed by atoms with van der Waals surface area (Å²) in [4.78, 5) is 14.9. The molecule has 0 unspecified atom stereocenters. The largest absolute Gasteiger partial charge is 0.308 e. The molecule has 0 radical (unpaired) electrons. The van der Waals surface area contributed by atoms with Crippen molar-refractivity contribution in [2.75, 3.05) is 0 Å². The highest BCUT2D eigenvalue weighted by Gasteiger charge is 2.22. The zero-order valence-electron chi connectivity index (χ0n) is 28.2. The van der Waals surface area contributed by atoms with Gasteiger partial charge in [0.15, 0.2) is 0 Å². The van der Waals surface area contributed by atoms with Gasteiger partial charge in [-0.1, -0.05) is 78.9 Å². The topological polar surface area (TPSA) is 48.5 Å². The minimum absolute atomic E-state index is 0.895. The van der Waals surface area contributed by atoms with E-state index in [9.17, 15) is 0 Å². The molecule has 0 saturated carbocycles. The lowest BCUT2D eigenvalue weighted by atomic mass is 10.1. The first kappa shape index (κ1) is 28.8. The molecule has 6 heterocycles. The number of aromatic nitrogens is 5. The van der Waals surface area contributed by atoms with Crippen LogP contribution in [-0.2, 0) is 0 Å². The number of nitrogens with zero attached hydrogens (tertiary/aromatic N) is 5. The number of rotatable bonds is 3. The van der Waals surface area contributed by atoms with Crippen molar-refractivity contribution in [2.45, 2.75) is 0 Å². The van der Waals surface area contributed by atoms with Crippen LogP contribution < -0.4 is 0 Å². The quantitative estimate of drug-likeness (QED) is 0.173. The highest BCUT2D eigenvalue weighted by molar-refractivity contribution is 7.25. The Hall–Kier alpha value is -6.89. The molecular weight excluding hydrogens is 667 g/mol. The van der Waals surface area contributed by atoms with Gasteiger partial charge >= 0.3 is 0 Å². The molecule has 6 aromatic carbocycles. The molecule has 6 heteroatoms. The van der Waals surface area contributed by atoms with E-state index in [1.165, 1.54) is 41.7 Å². The lowest BCUT2D eigenvalue weighted by Gasteiger charge is -2.12. The second kappa shape index (κ2) is 10.8. The van der Waals surface area contributed by atoms with Gasteiger partial charge in [-0.3, -0.25) is 14.5 Å². The second-order valence-corrected chi connectivity index (χ2v) is 14.7. The lowest BCUT2D eigenvalue weighted by molar-refractivity contribution is 1.08. The van der Waals surface area contributed by atoms with E-state index in [2.05, 4.69) is 155 Å². The molecule has 0 bridgehead atoms. The fourth-order valence-corrected chi connectivity index (χ4v) is 9.64. The highest BCUT2D eigenvalue weighted by atomic mass is 32.1. The van der Waals surface area contributed by atoms with E-state index in [1.54, 1.807) is 0 Å². The van der Waals surface area contributed by atoms with Crippen LogP contribution in [0.5, 0.6) is 0 Å². The molecule has 0 aliphatic rings. The maximum Gasteiger partial charge on any atom is 0.138 e. The van der Waals surface area contributed by atoms with Crippen LogP contribution in [0.3, 0.4) is 0 Å². The van der Waals surface area contributed by atoms with Crippen LogP contribution in [0.25, 0.3) is 108 Å². The maximum atomic E-state index is 5.36. The first-order valence-corrected chi connectivity index (χ1v) is 18.6. The van der Waals surface area contributed by atoms with E-state index in [-0.39, 0.29) is 0 Å². The van der Waals surface area contributed by atoms with Crippen molar-refractivity contribution in [3.8, 4) is 22.8 Å². The Morgan fingerprint density at radius 2 is 1.15 bits per heavy atom. The zero-order valence-corrected chi connectivity index (χ0v) is 29.0. The SMILES string of the molecule is c1cc(-c2ccc3sc4ccccc4c3c2)nc(-n2c3ccccc3c3c4c5ccccc5n(-c5ccnc6c5ccc5cccnc56)c4ccc32)c1. The molecular formula is C47H27N5S. The Balaban J connectivity index is 1.12. The van der Waals surface area contributed by atoms with Gasteiger partial charge in [0.1, 0.15) is 5.82 Å². The summed E-state index contributed by atoms with van der Waals surface area (Å²) in [5.41, 5.74) is 9.52. The van der Waals surface area contributed by atoms with E-state index in [0.717, 1.165) is 66.6 Å². The molecule has 0 aliphatic heterocycles. The van der Waals surface area contributed by atoms with Gasteiger partial charge in [0.25, 0.3) is 0 Å². The average Bonchev–Trinajstić information content (AvgIpc) is 3.88. The van der Waals surface area contributed by atoms with Crippen LogP contribution in [0, 0.1) is 0 Å². The summed E-state index contributed by atoms with van der Waals surface area (Å²) in [6, 6.07) is 54.3. The van der Waals surface area contributed by atoms with E-state index in [1.807, 2.05) is 29.8 Å². The van der Waals surface area contributed by atoms with E-state index >= 15 is 0 Å². The number of benzene rings is 6. The average molecular weight is 694 g/mol. The van der Waals surface area contributed by atoms with Crippen LogP contribution >= 0.6 is 11.3 Å². The fourth-order valence-electron chi connectivity index (χ4n) is 8.55. The van der Waals surface area contributed by atoms with Crippen molar-refractivity contribution < 1.29 is 0 Å². The summed E-state index contributed by atoms with van der Waals surface area (Å²) in [6.07, 6.45) is 3.76. The number of pyridine rings is 3. The monoisotopic (exact) mass is 693 g/mol. The fraction of sp³-hybridized carbons (Fsp3) is 0. The Morgan fingerprint density at radius 3 is 2.00 bits per heavy atom. The molecule has 0 aliphatic carbocycles. The van der Waals surface area contributed by atoms with Gasteiger partial charge in [0.2, 0.25) is 0 Å². The van der Waals surface area contributed by atoms with E-state index in [0.29, 0.717) is 0 Å². The number of thiophene rings is 1. The molecule has 53 heavy (non-hydrogen) atoms. The molecule has 0 fully saturated rings. The lowest BCUT2D eigenvalue weighted by Crippen LogP contribution is -1.99. The first-order chi connectivity index (χ1) is 26.3. The maximum absolute atomic E-state index is 5.36. The van der Waals surface area contributed by atoms with E-state index < -0.39 is 0 Å². The van der Waals surface area contributed by atoms with E-state index in [4.69, 9.17) is 15.0 Å². The van der Waals surface area contributed by atoms with Crippen LogP contribution in [0.15, 0.2) is 164 Å². The molecule has 246 valence electrons. The summed E-state index contributed by atoms with van der Waals surface area (Å²) < 4.78 is 7.33. The first-order valence-electron chi connectivity index (χ1n) is 17.8. The van der Waals surface area contributed by atoms with Crippen LogP contribution in [0.4, 0.5) is 0 Å². The zero-order chi connectivity index (χ0) is 34.6. The van der Waals surface area contributed by atoms with Crippen LogP contribution in [0.1, 0.15) is 0 Å². The molecule has 0 N–H and O–H groups in total. The molecule has 0 saturated heterocycles. The Bertz CT molecular complexity index is 3480. The third-order valence-corrected chi connectivity index (χ3v) is 12.0. The Labute approximate surface area is 306 Å². The van der Waals surface area contributed by atoms with Crippen molar-refractivity contribution in [1.29, 1.82) is 0 Å². The number of hydrogen-bond donors (Lipinski definition) is 0. The van der Waals surface area contributed by atoms with Crippen molar-refractivity contribution in [3.63, 3.8) is 0 Å². The number of para-hydroxylation sites is 2. The second-order valence-electron chi connectivity index (χ2n) is 13.6. The molecule has 0 spiro atoms. The van der Waals surface area contributed by atoms with Gasteiger partial charge in [-0.15, -0.1) is 11.3 Å². The minimum Gasteiger partial charge on any atom is -0.308 e. The molecule has 12 rings (SSSR count). The summed E-state index contributed by atoms with van der Waals surface area (Å²) in [5.74, 6) is 0.895. The Morgan fingerprint density at radius 1 is 0.434 bits per heavy atom. The van der Waals surface area contributed by atoms with Gasteiger partial charge in [-0.2, -0.15) is 0 Å². The van der Waals surface area contributed by atoms with Crippen molar-refractivity contribution in [3.05, 3.63) is 164 Å². The summed E-state index contributed by atoms with van der Waals surface area (Å²) >= 11 is 1.84. The molecule has 0 atom stereocenters. The van der Waals surface area contributed by atoms with Gasteiger partial charge in [0, 0.05) is 70.4 Å². The third kappa shape index (κ3) is 4.04. The van der Waals surface area contributed by atoms with Gasteiger partial charge in [-0.25, -0.2) is 4.98 Å². The highest BCUT2D eigenvalue weighted by Crippen LogP contribution is 2.43. The van der Waals surface area contributed by atoms with Crippen molar-refractivity contribution >= 4 is 96.9 Å². The summed E-state index contributed by atoms with van der Waals surface area (Å²) in [5, 5.41) is 9.57. The van der Waals surface area contributed by atoms with Crippen LogP contribution in [-0.4, -0.2) is 24.1 Å². The van der Waals surface area contributed by atoms with Gasteiger partial charge in [-0.05, 0) is 72.8 Å². The number of hydrogen-bond acceptors (Lipinski definition) is 4. The molecule has 0 amide bonds. The van der Waals surface area contributed by atoms with Crippen molar-refractivity contribution in [2.24, 2.45) is 0 Å². The number of fused-ring (bicyclic) bond motifs is 13. The van der Waals surface area contributed by atoms with Gasteiger partial charge < -0.3 is 4.57 Å². The smallest absolute Gasteiger partial charge is 0.138 e. The summed E-state index contributed by atoms with van der Waals surface area (Å²) in [6.45, 7) is 0. The standard InChI is InChI=1S/C47H27N5S/c1-4-14-36-31(11-1)44-39(51(36)38-24-26-49-47-33(38)20-18-28-9-8-25-48-46(28)47)21-22-40-45(44)32-12-2-5-15-37(32)52(40)43-17-7-13-35(50-43)29-19-23-42-34(27-29)30-10-3-6-16-41(30)53-42/h1-27H. The van der Waals surface area contributed by atoms with Crippen LogP contribution in [0.2, 0.25) is 0 Å². The normalized spacial score (nSPS) is 12.2.